The first-order chi connectivity index (χ1) is 6.81. The molecule has 1 aliphatic rings. The van der Waals surface area contributed by atoms with Gasteiger partial charge in [0.2, 0.25) is 0 Å². The Hall–Kier alpha value is -1.51. The summed E-state index contributed by atoms with van der Waals surface area (Å²) in [5.41, 5.74) is 2.79. The molecule has 0 saturated carbocycles. The quantitative estimate of drug-likeness (QED) is 0.671. The maximum absolute atomic E-state index is 11.5. The lowest BCUT2D eigenvalue weighted by atomic mass is 9.89. The van der Waals surface area contributed by atoms with E-state index in [9.17, 15) is 9.70 Å². The van der Waals surface area contributed by atoms with E-state index in [-0.39, 0.29) is 12.3 Å². The van der Waals surface area contributed by atoms with Gasteiger partial charge in [0, 0.05) is 12.0 Å². The minimum atomic E-state index is 0.196. The fourth-order valence-corrected chi connectivity index (χ4v) is 1.87. The lowest BCUT2D eigenvalue weighted by molar-refractivity contribution is 0.0972. The summed E-state index contributed by atoms with van der Waals surface area (Å²) in [6, 6.07) is 5.55. The van der Waals surface area contributed by atoms with Gasteiger partial charge in [0.1, 0.15) is 6.54 Å². The summed E-state index contributed by atoms with van der Waals surface area (Å²) < 4.78 is 0. The first-order valence-corrected chi connectivity index (χ1v) is 4.75. The van der Waals surface area contributed by atoms with E-state index in [1.165, 1.54) is 0 Å². The molecule has 0 N–H and O–H groups in total. The second-order valence-electron chi connectivity index (χ2n) is 3.56. The Morgan fingerprint density at radius 3 is 2.93 bits per heavy atom. The molecule has 0 fully saturated rings. The topological polar surface area (TPSA) is 46.5 Å². The molecule has 0 saturated heterocycles. The number of carbonyl (C=O) groups is 1. The minimum absolute atomic E-state index is 0.196. The van der Waals surface area contributed by atoms with Crippen molar-refractivity contribution < 1.29 is 4.79 Å². The SMILES string of the molecule is O=NCc1ccc2c(c1)CCCC2=O. The number of rotatable bonds is 2. The van der Waals surface area contributed by atoms with Crippen LogP contribution in [0.15, 0.2) is 23.4 Å². The smallest absolute Gasteiger partial charge is 0.163 e. The highest BCUT2D eigenvalue weighted by Gasteiger charge is 2.16. The van der Waals surface area contributed by atoms with Gasteiger partial charge in [-0.3, -0.25) is 4.79 Å². The molecule has 1 aromatic rings. The van der Waals surface area contributed by atoms with Crippen LogP contribution in [-0.4, -0.2) is 5.78 Å². The Morgan fingerprint density at radius 2 is 2.14 bits per heavy atom. The van der Waals surface area contributed by atoms with Crippen molar-refractivity contribution in [3.63, 3.8) is 0 Å². The van der Waals surface area contributed by atoms with Crippen molar-refractivity contribution in [2.24, 2.45) is 5.18 Å². The normalized spacial score (nSPS) is 15.0. The Bertz CT molecular complexity index is 385. The Kier molecular flexibility index (Phi) is 2.39. The fraction of sp³-hybridized carbons (Fsp3) is 0.364. The standard InChI is InChI=1S/C11H11NO2/c13-11-3-1-2-9-6-8(7-12-14)4-5-10(9)11/h4-6H,1-3,7H2. The van der Waals surface area contributed by atoms with Crippen molar-refractivity contribution in [1.29, 1.82) is 0 Å². The van der Waals surface area contributed by atoms with Gasteiger partial charge in [-0.05, 0) is 24.0 Å². The second kappa shape index (κ2) is 3.70. The van der Waals surface area contributed by atoms with Gasteiger partial charge in [-0.25, -0.2) is 0 Å². The van der Waals surface area contributed by atoms with Crippen molar-refractivity contribution in [3.8, 4) is 0 Å². The molecule has 0 heterocycles. The molecule has 0 atom stereocenters. The molecule has 0 radical (unpaired) electrons. The largest absolute Gasteiger partial charge is 0.294 e. The van der Waals surface area contributed by atoms with Crippen molar-refractivity contribution in [1.82, 2.24) is 0 Å². The molecule has 0 unspecified atom stereocenters. The molecule has 0 aromatic heterocycles. The van der Waals surface area contributed by atoms with Gasteiger partial charge in [-0.1, -0.05) is 23.4 Å². The molecule has 2 rings (SSSR count). The third kappa shape index (κ3) is 1.58. The van der Waals surface area contributed by atoms with Crippen LogP contribution >= 0.6 is 0 Å². The zero-order valence-corrected chi connectivity index (χ0v) is 7.82. The molecule has 0 amide bonds. The van der Waals surface area contributed by atoms with E-state index in [2.05, 4.69) is 5.18 Å². The van der Waals surface area contributed by atoms with Gasteiger partial charge in [0.25, 0.3) is 0 Å². The molecule has 1 aliphatic carbocycles. The maximum atomic E-state index is 11.5. The van der Waals surface area contributed by atoms with Crippen LogP contribution in [0.4, 0.5) is 0 Å². The maximum Gasteiger partial charge on any atom is 0.163 e. The summed E-state index contributed by atoms with van der Waals surface area (Å²) in [5, 5.41) is 2.84. The van der Waals surface area contributed by atoms with E-state index in [1.54, 1.807) is 0 Å². The zero-order chi connectivity index (χ0) is 9.97. The molecule has 3 heteroatoms. The molecule has 72 valence electrons. The summed E-state index contributed by atoms with van der Waals surface area (Å²) in [6.07, 6.45) is 2.51. The minimum Gasteiger partial charge on any atom is -0.294 e. The Balaban J connectivity index is 2.38. The highest BCUT2D eigenvalue weighted by molar-refractivity contribution is 5.98. The number of benzene rings is 1. The van der Waals surface area contributed by atoms with E-state index in [1.807, 2.05) is 18.2 Å². The zero-order valence-electron chi connectivity index (χ0n) is 7.82. The van der Waals surface area contributed by atoms with Crippen LogP contribution in [0.5, 0.6) is 0 Å². The Morgan fingerprint density at radius 1 is 1.29 bits per heavy atom. The monoisotopic (exact) mass is 189 g/mol. The fourth-order valence-electron chi connectivity index (χ4n) is 1.87. The first kappa shape index (κ1) is 9.06. The molecule has 0 spiro atoms. The third-order valence-electron chi connectivity index (χ3n) is 2.57. The molecule has 0 aliphatic heterocycles. The van der Waals surface area contributed by atoms with E-state index >= 15 is 0 Å². The van der Waals surface area contributed by atoms with Crippen LogP contribution in [0, 0.1) is 4.91 Å². The Labute approximate surface area is 82.1 Å². The molecule has 14 heavy (non-hydrogen) atoms. The molecular formula is C11H11NO2. The predicted molar refractivity (Wildman–Crippen MR) is 53.2 cm³/mol. The van der Waals surface area contributed by atoms with Crippen molar-refractivity contribution >= 4 is 5.78 Å². The average molecular weight is 189 g/mol. The predicted octanol–water partition coefficient (Wildman–Crippen LogP) is 2.47. The van der Waals surface area contributed by atoms with Crippen LogP contribution in [0.2, 0.25) is 0 Å². The van der Waals surface area contributed by atoms with Gasteiger partial charge < -0.3 is 0 Å². The van der Waals surface area contributed by atoms with E-state index in [0.29, 0.717) is 6.42 Å². The van der Waals surface area contributed by atoms with Crippen molar-refractivity contribution in [3.05, 3.63) is 39.8 Å². The summed E-state index contributed by atoms with van der Waals surface area (Å²) in [5.74, 6) is 0.219. The lowest BCUT2D eigenvalue weighted by Crippen LogP contribution is -2.10. The van der Waals surface area contributed by atoms with Gasteiger partial charge >= 0.3 is 0 Å². The molecule has 3 nitrogen and oxygen atoms in total. The van der Waals surface area contributed by atoms with E-state index < -0.39 is 0 Å². The number of ketones is 1. The van der Waals surface area contributed by atoms with Gasteiger partial charge in [0.15, 0.2) is 5.78 Å². The number of fused-ring (bicyclic) bond motifs is 1. The highest BCUT2D eigenvalue weighted by Crippen LogP contribution is 2.22. The lowest BCUT2D eigenvalue weighted by Gasteiger charge is -2.14. The van der Waals surface area contributed by atoms with Crippen LogP contribution < -0.4 is 0 Å². The molecule has 0 bridgehead atoms. The number of aryl methyl sites for hydroxylation is 1. The molecule has 1 aromatic carbocycles. The van der Waals surface area contributed by atoms with Gasteiger partial charge in [-0.2, -0.15) is 4.91 Å². The summed E-state index contributed by atoms with van der Waals surface area (Å²) in [7, 11) is 0. The number of nitroso groups, excluding NO2 is 1. The average Bonchev–Trinajstić information content (AvgIpc) is 2.18. The number of hydrogen-bond acceptors (Lipinski definition) is 3. The number of nitrogens with zero attached hydrogens (tertiary/aromatic N) is 1. The number of carbonyl (C=O) groups excluding carboxylic acids is 1. The van der Waals surface area contributed by atoms with Crippen LogP contribution in [0.1, 0.15) is 34.3 Å². The summed E-state index contributed by atoms with van der Waals surface area (Å²) in [4.78, 5) is 21.6. The van der Waals surface area contributed by atoms with E-state index in [0.717, 1.165) is 29.5 Å². The summed E-state index contributed by atoms with van der Waals surface area (Å²) >= 11 is 0. The summed E-state index contributed by atoms with van der Waals surface area (Å²) in [6.45, 7) is 0.196. The number of hydrogen-bond donors (Lipinski definition) is 0. The third-order valence-corrected chi connectivity index (χ3v) is 2.57. The van der Waals surface area contributed by atoms with Gasteiger partial charge in [0.05, 0.1) is 0 Å². The van der Waals surface area contributed by atoms with Crippen molar-refractivity contribution in [2.45, 2.75) is 25.8 Å². The number of Topliss-reactive ketones (excluding diaryl/α,β-unsaturated/α-hetero) is 1. The van der Waals surface area contributed by atoms with Crippen molar-refractivity contribution in [2.75, 3.05) is 0 Å². The highest BCUT2D eigenvalue weighted by atomic mass is 16.3. The van der Waals surface area contributed by atoms with Crippen LogP contribution in [0.25, 0.3) is 0 Å². The van der Waals surface area contributed by atoms with Crippen LogP contribution in [-0.2, 0) is 13.0 Å². The van der Waals surface area contributed by atoms with E-state index in [4.69, 9.17) is 0 Å². The second-order valence-corrected chi connectivity index (χ2v) is 3.56. The van der Waals surface area contributed by atoms with Crippen LogP contribution in [0.3, 0.4) is 0 Å². The molecular weight excluding hydrogens is 178 g/mol. The first-order valence-electron chi connectivity index (χ1n) is 4.75. The van der Waals surface area contributed by atoms with Gasteiger partial charge in [-0.15, -0.1) is 0 Å².